The molecule has 1 aromatic rings. The molecule has 0 radical (unpaired) electrons. The van der Waals surface area contributed by atoms with E-state index in [9.17, 15) is 14.9 Å². The van der Waals surface area contributed by atoms with Crippen molar-refractivity contribution < 1.29 is 14.8 Å². The first kappa shape index (κ1) is 12.2. The molecule has 1 N–H and O–H groups in total. The average molecular weight is 227 g/mol. The highest BCUT2D eigenvalue weighted by Crippen LogP contribution is 2.21. The molecule has 0 bridgehead atoms. The second kappa shape index (κ2) is 4.73. The Kier molecular flexibility index (Phi) is 3.60. The fourth-order valence-corrected chi connectivity index (χ4v) is 1.44. The second-order valence-corrected chi connectivity index (χ2v) is 3.54. The number of nitrogens with zero attached hydrogens (tertiary/aromatic N) is 3. The Morgan fingerprint density at radius 1 is 1.75 bits per heavy atom. The normalized spacial score (nSPS) is 12.4. The first-order chi connectivity index (χ1) is 7.47. The summed E-state index contributed by atoms with van der Waals surface area (Å²) in [5.74, 6) is -1.38. The Bertz CT molecular complexity index is 381. The van der Waals surface area contributed by atoms with Crippen LogP contribution < -0.4 is 0 Å². The maximum absolute atomic E-state index is 10.7. The van der Waals surface area contributed by atoms with E-state index in [1.54, 1.807) is 0 Å². The van der Waals surface area contributed by atoms with Gasteiger partial charge in [0.15, 0.2) is 0 Å². The summed E-state index contributed by atoms with van der Waals surface area (Å²) in [7, 11) is 0. The number of carbonyl (C=O) groups is 1. The van der Waals surface area contributed by atoms with Crippen LogP contribution in [0.3, 0.4) is 0 Å². The van der Waals surface area contributed by atoms with Gasteiger partial charge in [0.25, 0.3) is 0 Å². The largest absolute Gasteiger partial charge is 0.476 e. The fourth-order valence-electron chi connectivity index (χ4n) is 1.44. The number of carboxylic acid groups (broad SMARTS) is 1. The van der Waals surface area contributed by atoms with Gasteiger partial charge in [-0.05, 0) is 13.3 Å². The number of carboxylic acids is 1. The maximum Gasteiger partial charge on any atom is 0.363 e. The lowest BCUT2D eigenvalue weighted by atomic mass is 10.2. The van der Waals surface area contributed by atoms with Crippen molar-refractivity contribution in [3.63, 3.8) is 0 Å². The Morgan fingerprint density at radius 2 is 2.38 bits per heavy atom. The average Bonchev–Trinajstić information content (AvgIpc) is 2.62. The minimum Gasteiger partial charge on any atom is -0.476 e. The van der Waals surface area contributed by atoms with Gasteiger partial charge in [-0.1, -0.05) is 13.3 Å². The number of rotatable bonds is 5. The van der Waals surface area contributed by atoms with Gasteiger partial charge in [0.05, 0.1) is 4.92 Å². The second-order valence-electron chi connectivity index (χ2n) is 3.54. The van der Waals surface area contributed by atoms with Gasteiger partial charge < -0.3 is 5.11 Å². The lowest BCUT2D eigenvalue weighted by Gasteiger charge is -2.08. The van der Waals surface area contributed by atoms with Crippen molar-refractivity contribution in [2.24, 2.45) is 0 Å². The number of hydrogen-bond donors (Lipinski definition) is 1. The molecule has 0 amide bonds. The van der Waals surface area contributed by atoms with Crippen molar-refractivity contribution in [3.8, 4) is 0 Å². The molecule has 88 valence electrons. The van der Waals surface area contributed by atoms with Crippen molar-refractivity contribution in [2.45, 2.75) is 32.7 Å². The van der Waals surface area contributed by atoms with E-state index in [4.69, 9.17) is 5.11 Å². The standard InChI is InChI=1S/C9H13N3O4/c1-3-4-6(2)11-5-7(12(15)16)8(10-11)9(13)14/h5-6H,3-4H2,1-2H3,(H,13,14). The Morgan fingerprint density at radius 3 is 2.75 bits per heavy atom. The predicted molar refractivity (Wildman–Crippen MR) is 55.5 cm³/mol. The monoisotopic (exact) mass is 227 g/mol. The van der Waals surface area contributed by atoms with Crippen molar-refractivity contribution in [1.29, 1.82) is 0 Å². The third kappa shape index (κ3) is 2.36. The molecule has 16 heavy (non-hydrogen) atoms. The lowest BCUT2D eigenvalue weighted by molar-refractivity contribution is -0.385. The van der Waals surface area contributed by atoms with Crippen molar-refractivity contribution in [3.05, 3.63) is 22.0 Å². The zero-order valence-electron chi connectivity index (χ0n) is 9.08. The Labute approximate surface area is 91.8 Å². The van der Waals surface area contributed by atoms with Crippen LogP contribution in [0.4, 0.5) is 5.69 Å². The van der Waals surface area contributed by atoms with Crippen molar-refractivity contribution >= 4 is 11.7 Å². The minimum absolute atomic E-state index is 0.0446. The molecule has 0 fully saturated rings. The molecular formula is C9H13N3O4. The fraction of sp³-hybridized carbons (Fsp3) is 0.556. The predicted octanol–water partition coefficient (Wildman–Crippen LogP) is 1.85. The van der Waals surface area contributed by atoms with E-state index in [1.165, 1.54) is 10.9 Å². The van der Waals surface area contributed by atoms with Crippen molar-refractivity contribution in [1.82, 2.24) is 9.78 Å². The lowest BCUT2D eigenvalue weighted by Crippen LogP contribution is -2.07. The molecule has 7 heteroatoms. The molecule has 1 aromatic heterocycles. The molecule has 1 atom stereocenters. The first-order valence-electron chi connectivity index (χ1n) is 4.94. The van der Waals surface area contributed by atoms with Gasteiger partial charge in [0.2, 0.25) is 5.69 Å². The Balaban J connectivity index is 3.11. The third-order valence-corrected chi connectivity index (χ3v) is 2.27. The molecule has 0 spiro atoms. The van der Waals surface area contributed by atoms with Crippen molar-refractivity contribution in [2.75, 3.05) is 0 Å². The van der Waals surface area contributed by atoms with E-state index in [2.05, 4.69) is 5.10 Å². The van der Waals surface area contributed by atoms with Gasteiger partial charge >= 0.3 is 11.7 Å². The highest BCUT2D eigenvalue weighted by atomic mass is 16.6. The molecule has 1 rings (SSSR count). The molecule has 1 unspecified atom stereocenters. The van der Waals surface area contributed by atoms with Crippen LogP contribution in [0.2, 0.25) is 0 Å². The van der Waals surface area contributed by atoms with Gasteiger partial charge in [-0.15, -0.1) is 0 Å². The van der Waals surface area contributed by atoms with Crippen LogP contribution in [-0.2, 0) is 0 Å². The summed E-state index contributed by atoms with van der Waals surface area (Å²) in [6.07, 6.45) is 2.86. The van der Waals surface area contributed by atoms with E-state index < -0.39 is 22.3 Å². The van der Waals surface area contributed by atoms with Crippen LogP contribution in [0.5, 0.6) is 0 Å². The van der Waals surface area contributed by atoms with Crippen LogP contribution in [0.1, 0.15) is 43.2 Å². The smallest absolute Gasteiger partial charge is 0.363 e. The summed E-state index contributed by atoms with van der Waals surface area (Å²) in [5, 5.41) is 23.1. The van der Waals surface area contributed by atoms with E-state index in [-0.39, 0.29) is 6.04 Å². The van der Waals surface area contributed by atoms with Gasteiger partial charge in [0, 0.05) is 6.04 Å². The molecule has 0 aliphatic heterocycles. The summed E-state index contributed by atoms with van der Waals surface area (Å²) in [6, 6.07) is -0.0446. The highest BCUT2D eigenvalue weighted by Gasteiger charge is 2.26. The van der Waals surface area contributed by atoms with Gasteiger partial charge in [-0.25, -0.2) is 4.79 Å². The zero-order valence-corrected chi connectivity index (χ0v) is 9.08. The molecule has 7 nitrogen and oxygen atoms in total. The first-order valence-corrected chi connectivity index (χ1v) is 4.94. The molecule has 0 saturated heterocycles. The van der Waals surface area contributed by atoms with Crippen LogP contribution in [0.15, 0.2) is 6.20 Å². The topological polar surface area (TPSA) is 98.3 Å². The highest BCUT2D eigenvalue weighted by molar-refractivity contribution is 5.89. The van der Waals surface area contributed by atoms with E-state index in [1.807, 2.05) is 13.8 Å². The number of nitro groups is 1. The minimum atomic E-state index is -1.38. The Hall–Kier alpha value is -1.92. The molecule has 0 aliphatic rings. The maximum atomic E-state index is 10.7. The third-order valence-electron chi connectivity index (χ3n) is 2.27. The molecular weight excluding hydrogens is 214 g/mol. The summed E-state index contributed by atoms with van der Waals surface area (Å²) >= 11 is 0. The van der Waals surface area contributed by atoms with E-state index >= 15 is 0 Å². The number of aromatic nitrogens is 2. The van der Waals surface area contributed by atoms with Crippen LogP contribution >= 0.6 is 0 Å². The molecule has 0 aliphatic carbocycles. The molecule has 0 saturated carbocycles. The number of aromatic carboxylic acids is 1. The van der Waals surface area contributed by atoms with E-state index in [0.717, 1.165) is 12.8 Å². The van der Waals surface area contributed by atoms with Gasteiger partial charge in [0.1, 0.15) is 6.20 Å². The van der Waals surface area contributed by atoms with Gasteiger partial charge in [-0.2, -0.15) is 5.10 Å². The summed E-state index contributed by atoms with van der Waals surface area (Å²) in [6.45, 7) is 3.82. The summed E-state index contributed by atoms with van der Waals surface area (Å²) in [4.78, 5) is 20.6. The zero-order chi connectivity index (χ0) is 12.3. The number of hydrogen-bond acceptors (Lipinski definition) is 4. The van der Waals surface area contributed by atoms with Crippen LogP contribution in [0, 0.1) is 10.1 Å². The van der Waals surface area contributed by atoms with E-state index in [0.29, 0.717) is 0 Å². The summed E-state index contributed by atoms with van der Waals surface area (Å²) < 4.78 is 1.34. The molecule has 0 aromatic carbocycles. The molecule has 1 heterocycles. The SMILES string of the molecule is CCCC(C)n1cc([N+](=O)[O-])c(C(=O)O)n1. The van der Waals surface area contributed by atoms with Crippen LogP contribution in [-0.4, -0.2) is 25.8 Å². The van der Waals surface area contributed by atoms with Crippen LogP contribution in [0.25, 0.3) is 0 Å². The quantitative estimate of drug-likeness (QED) is 0.611. The van der Waals surface area contributed by atoms with Gasteiger partial charge in [-0.3, -0.25) is 14.8 Å². The summed E-state index contributed by atoms with van der Waals surface area (Å²) in [5.41, 5.74) is -0.969.